The van der Waals surface area contributed by atoms with Gasteiger partial charge in [0, 0.05) is 11.9 Å². The number of hydrogen-bond donors (Lipinski definition) is 0. The first-order chi connectivity index (χ1) is 8.70. The van der Waals surface area contributed by atoms with Gasteiger partial charge in [0.25, 0.3) is 0 Å². The summed E-state index contributed by atoms with van der Waals surface area (Å²) in [5, 5.41) is 9.11. The lowest BCUT2D eigenvalue weighted by Crippen LogP contribution is -1.90. The molecular formula is C14H11N3S. The molecule has 0 N–H and O–H groups in total. The highest BCUT2D eigenvalue weighted by Crippen LogP contribution is 2.30. The van der Waals surface area contributed by atoms with Crippen LogP contribution in [0.25, 0.3) is 21.7 Å². The Hall–Kier alpha value is -2.12. The second-order valence-corrected chi connectivity index (χ2v) is 5.48. The molecule has 88 valence electrons. The first-order valence-corrected chi connectivity index (χ1v) is 6.44. The summed E-state index contributed by atoms with van der Waals surface area (Å²) in [5.41, 5.74) is 2.40. The summed E-state index contributed by atoms with van der Waals surface area (Å²) in [6.45, 7) is 2.08. The van der Waals surface area contributed by atoms with Gasteiger partial charge in [-0.1, -0.05) is 6.07 Å². The number of para-hydroxylation sites is 1. The fourth-order valence-electron chi connectivity index (χ4n) is 2.08. The highest BCUT2D eigenvalue weighted by molar-refractivity contribution is 7.15. The van der Waals surface area contributed by atoms with Crippen molar-refractivity contribution in [2.45, 2.75) is 6.92 Å². The Bertz CT molecular complexity index is 774. The van der Waals surface area contributed by atoms with Gasteiger partial charge in [0.1, 0.15) is 11.6 Å². The molecule has 0 fully saturated rings. The van der Waals surface area contributed by atoms with Crippen LogP contribution in [0.15, 0.2) is 30.3 Å². The lowest BCUT2D eigenvalue weighted by molar-refractivity contribution is 0.963. The highest BCUT2D eigenvalue weighted by atomic mass is 32.1. The van der Waals surface area contributed by atoms with Gasteiger partial charge in [-0.2, -0.15) is 5.26 Å². The van der Waals surface area contributed by atoms with Crippen LogP contribution in [-0.2, 0) is 7.05 Å². The molecular weight excluding hydrogens is 242 g/mol. The summed E-state index contributed by atoms with van der Waals surface area (Å²) in [5.74, 6) is 0.922. The molecule has 4 heteroatoms. The topological polar surface area (TPSA) is 41.6 Å². The molecule has 0 aliphatic rings. The molecule has 0 bridgehead atoms. The van der Waals surface area contributed by atoms with Crippen molar-refractivity contribution in [2.24, 2.45) is 7.05 Å². The maximum absolute atomic E-state index is 9.11. The van der Waals surface area contributed by atoms with Crippen LogP contribution in [-0.4, -0.2) is 9.55 Å². The van der Waals surface area contributed by atoms with Gasteiger partial charge in [0.05, 0.1) is 16.0 Å². The number of rotatable bonds is 1. The first-order valence-electron chi connectivity index (χ1n) is 5.63. The van der Waals surface area contributed by atoms with Crippen molar-refractivity contribution < 1.29 is 0 Å². The predicted octanol–water partition coefficient (Wildman–Crippen LogP) is 3.48. The van der Waals surface area contributed by atoms with Gasteiger partial charge >= 0.3 is 0 Å². The second kappa shape index (κ2) is 3.97. The molecule has 3 nitrogen and oxygen atoms in total. The van der Waals surface area contributed by atoms with Crippen molar-refractivity contribution in [1.82, 2.24) is 9.55 Å². The number of nitrogens with zero attached hydrogens (tertiary/aromatic N) is 3. The van der Waals surface area contributed by atoms with E-state index < -0.39 is 0 Å². The number of aryl methyl sites for hydroxylation is 2. The standard InChI is InChI=1S/C14H11N3S/c1-9-6-7-12(18-9)14-16-13-10(8-15)4-3-5-11(13)17(14)2/h3-7H,1-2H3. The number of nitriles is 1. The molecule has 0 atom stereocenters. The van der Waals surface area contributed by atoms with Crippen molar-refractivity contribution in [3.8, 4) is 16.8 Å². The minimum atomic E-state index is 0.627. The van der Waals surface area contributed by atoms with Crippen molar-refractivity contribution in [3.63, 3.8) is 0 Å². The highest BCUT2D eigenvalue weighted by Gasteiger charge is 2.13. The summed E-state index contributed by atoms with van der Waals surface area (Å²) in [4.78, 5) is 7.01. The van der Waals surface area contributed by atoms with Gasteiger partial charge in [0.15, 0.2) is 5.82 Å². The van der Waals surface area contributed by atoms with E-state index in [-0.39, 0.29) is 0 Å². The number of hydrogen-bond acceptors (Lipinski definition) is 3. The molecule has 0 unspecified atom stereocenters. The molecule has 3 rings (SSSR count). The van der Waals surface area contributed by atoms with E-state index in [0.29, 0.717) is 5.56 Å². The fourth-order valence-corrected chi connectivity index (χ4v) is 2.97. The molecule has 0 saturated carbocycles. The third-order valence-electron chi connectivity index (χ3n) is 2.99. The van der Waals surface area contributed by atoms with E-state index >= 15 is 0 Å². The third-order valence-corrected chi connectivity index (χ3v) is 3.99. The molecule has 0 aliphatic heterocycles. The molecule has 0 spiro atoms. The number of aromatic nitrogens is 2. The van der Waals surface area contributed by atoms with Crippen LogP contribution in [0.2, 0.25) is 0 Å². The van der Waals surface area contributed by atoms with Gasteiger partial charge in [-0.25, -0.2) is 4.98 Å². The molecule has 0 amide bonds. The largest absolute Gasteiger partial charge is 0.326 e. The quantitative estimate of drug-likeness (QED) is 0.666. The molecule has 1 aromatic carbocycles. The minimum absolute atomic E-state index is 0.627. The smallest absolute Gasteiger partial charge is 0.151 e. The Morgan fingerprint density at radius 1 is 1.28 bits per heavy atom. The van der Waals surface area contributed by atoms with E-state index in [1.165, 1.54) is 4.88 Å². The van der Waals surface area contributed by atoms with Crippen LogP contribution in [0.5, 0.6) is 0 Å². The zero-order valence-electron chi connectivity index (χ0n) is 10.1. The van der Waals surface area contributed by atoms with Crippen LogP contribution in [0.4, 0.5) is 0 Å². The fraction of sp³-hybridized carbons (Fsp3) is 0.143. The minimum Gasteiger partial charge on any atom is -0.326 e. The van der Waals surface area contributed by atoms with Crippen molar-refractivity contribution >= 4 is 22.4 Å². The zero-order chi connectivity index (χ0) is 12.7. The normalized spacial score (nSPS) is 10.7. The third kappa shape index (κ3) is 1.52. The lowest BCUT2D eigenvalue weighted by atomic mass is 10.2. The van der Waals surface area contributed by atoms with Gasteiger partial charge in [0.2, 0.25) is 0 Å². The van der Waals surface area contributed by atoms with Gasteiger partial charge in [-0.15, -0.1) is 11.3 Å². The summed E-state index contributed by atoms with van der Waals surface area (Å²) in [6, 6.07) is 12.1. The van der Waals surface area contributed by atoms with E-state index in [2.05, 4.69) is 30.1 Å². The molecule has 0 aliphatic carbocycles. The Balaban J connectivity index is 2.33. The number of imidazole rings is 1. The maximum Gasteiger partial charge on any atom is 0.151 e. The van der Waals surface area contributed by atoms with E-state index in [4.69, 9.17) is 5.26 Å². The van der Waals surface area contributed by atoms with E-state index in [1.54, 1.807) is 17.4 Å². The van der Waals surface area contributed by atoms with E-state index in [1.807, 2.05) is 23.7 Å². The Morgan fingerprint density at radius 2 is 2.11 bits per heavy atom. The number of fused-ring (bicyclic) bond motifs is 1. The second-order valence-electron chi connectivity index (χ2n) is 4.19. The monoisotopic (exact) mass is 253 g/mol. The van der Waals surface area contributed by atoms with Crippen LogP contribution < -0.4 is 0 Å². The van der Waals surface area contributed by atoms with Crippen molar-refractivity contribution in [1.29, 1.82) is 5.26 Å². The van der Waals surface area contributed by atoms with Gasteiger partial charge in [-0.05, 0) is 31.2 Å². The Morgan fingerprint density at radius 3 is 2.78 bits per heavy atom. The average Bonchev–Trinajstić information content (AvgIpc) is 2.94. The predicted molar refractivity (Wildman–Crippen MR) is 73.5 cm³/mol. The van der Waals surface area contributed by atoms with Crippen LogP contribution in [0.1, 0.15) is 10.4 Å². The van der Waals surface area contributed by atoms with E-state index in [0.717, 1.165) is 21.7 Å². The number of thiophene rings is 1. The summed E-state index contributed by atoms with van der Waals surface area (Å²) < 4.78 is 2.04. The summed E-state index contributed by atoms with van der Waals surface area (Å²) in [6.07, 6.45) is 0. The maximum atomic E-state index is 9.11. The Labute approximate surface area is 109 Å². The number of benzene rings is 1. The van der Waals surface area contributed by atoms with Crippen molar-refractivity contribution in [2.75, 3.05) is 0 Å². The van der Waals surface area contributed by atoms with Crippen LogP contribution in [0, 0.1) is 18.3 Å². The molecule has 2 heterocycles. The average molecular weight is 253 g/mol. The molecule has 3 aromatic rings. The van der Waals surface area contributed by atoms with E-state index in [9.17, 15) is 0 Å². The molecule has 0 radical (unpaired) electrons. The Kier molecular flexibility index (Phi) is 2.42. The van der Waals surface area contributed by atoms with Gasteiger partial charge in [-0.3, -0.25) is 0 Å². The molecule has 18 heavy (non-hydrogen) atoms. The summed E-state index contributed by atoms with van der Waals surface area (Å²) in [7, 11) is 1.99. The zero-order valence-corrected chi connectivity index (χ0v) is 11.0. The molecule has 2 aromatic heterocycles. The summed E-state index contributed by atoms with van der Waals surface area (Å²) >= 11 is 1.72. The first kappa shape index (κ1) is 11.0. The van der Waals surface area contributed by atoms with Crippen LogP contribution >= 0.6 is 11.3 Å². The SMILES string of the molecule is Cc1ccc(-c2nc3c(C#N)cccc3n2C)s1. The lowest BCUT2D eigenvalue weighted by Gasteiger charge is -1.98. The van der Waals surface area contributed by atoms with Crippen LogP contribution in [0.3, 0.4) is 0 Å². The molecule has 0 saturated heterocycles. The van der Waals surface area contributed by atoms with Crippen molar-refractivity contribution in [3.05, 3.63) is 40.8 Å². The van der Waals surface area contributed by atoms with Gasteiger partial charge < -0.3 is 4.57 Å².